The SMILES string of the molecule is O=C(Nc1ccc(NC2CCC(C(=O)O)CC2)cc1Cl)c1ccco1. The first-order valence-electron chi connectivity index (χ1n) is 8.16. The van der Waals surface area contributed by atoms with E-state index in [0.29, 0.717) is 23.6 Å². The molecule has 1 aromatic carbocycles. The molecule has 132 valence electrons. The first kappa shape index (κ1) is 17.4. The number of hydrogen-bond donors (Lipinski definition) is 3. The van der Waals surface area contributed by atoms with Crippen LogP contribution in [0.5, 0.6) is 0 Å². The molecule has 25 heavy (non-hydrogen) atoms. The Labute approximate surface area is 150 Å². The molecule has 1 heterocycles. The molecule has 1 saturated carbocycles. The Hall–Kier alpha value is -2.47. The van der Waals surface area contributed by atoms with Crippen molar-refractivity contribution in [3.63, 3.8) is 0 Å². The molecule has 1 aliphatic rings. The van der Waals surface area contributed by atoms with Crippen LogP contribution in [0.25, 0.3) is 0 Å². The zero-order valence-electron chi connectivity index (χ0n) is 13.5. The minimum absolute atomic E-state index is 0.216. The third kappa shape index (κ3) is 4.33. The molecule has 0 spiro atoms. The standard InChI is InChI=1S/C18H19ClN2O4/c19-14-10-13(20-12-5-3-11(4-6-12)18(23)24)7-8-15(14)21-17(22)16-2-1-9-25-16/h1-2,7-12,20H,3-6H2,(H,21,22)(H,23,24). The summed E-state index contributed by atoms with van der Waals surface area (Å²) < 4.78 is 5.05. The third-order valence-corrected chi connectivity index (χ3v) is 4.72. The number of carbonyl (C=O) groups is 2. The first-order valence-corrected chi connectivity index (χ1v) is 8.54. The van der Waals surface area contributed by atoms with Gasteiger partial charge in [0, 0.05) is 11.7 Å². The van der Waals surface area contributed by atoms with Gasteiger partial charge in [-0.25, -0.2) is 0 Å². The molecule has 0 radical (unpaired) electrons. The second-order valence-electron chi connectivity index (χ2n) is 6.16. The number of carboxylic acids is 1. The van der Waals surface area contributed by atoms with Gasteiger partial charge < -0.3 is 20.2 Å². The van der Waals surface area contributed by atoms with E-state index in [4.69, 9.17) is 21.1 Å². The molecule has 7 heteroatoms. The number of nitrogens with one attached hydrogen (secondary N) is 2. The highest BCUT2D eigenvalue weighted by atomic mass is 35.5. The van der Waals surface area contributed by atoms with Gasteiger partial charge in [0.1, 0.15) is 0 Å². The third-order valence-electron chi connectivity index (χ3n) is 4.41. The van der Waals surface area contributed by atoms with Gasteiger partial charge in [0.05, 0.1) is 22.9 Å². The lowest BCUT2D eigenvalue weighted by molar-refractivity contribution is -0.142. The highest BCUT2D eigenvalue weighted by Crippen LogP contribution is 2.30. The normalized spacial score (nSPS) is 20.0. The van der Waals surface area contributed by atoms with Crippen molar-refractivity contribution in [3.8, 4) is 0 Å². The number of carboxylic acid groups (broad SMARTS) is 1. The average Bonchev–Trinajstić information content (AvgIpc) is 3.12. The molecule has 6 nitrogen and oxygen atoms in total. The van der Waals surface area contributed by atoms with E-state index in [1.54, 1.807) is 24.3 Å². The van der Waals surface area contributed by atoms with Crippen molar-refractivity contribution < 1.29 is 19.1 Å². The zero-order valence-corrected chi connectivity index (χ0v) is 14.3. The number of hydrogen-bond acceptors (Lipinski definition) is 4. The van der Waals surface area contributed by atoms with Gasteiger partial charge in [-0.05, 0) is 56.0 Å². The Morgan fingerprint density at radius 2 is 1.92 bits per heavy atom. The Bertz CT molecular complexity index is 752. The Morgan fingerprint density at radius 1 is 1.16 bits per heavy atom. The Kier molecular flexibility index (Phi) is 5.28. The van der Waals surface area contributed by atoms with Gasteiger partial charge in [-0.1, -0.05) is 11.6 Å². The van der Waals surface area contributed by atoms with Gasteiger partial charge in [-0.3, -0.25) is 9.59 Å². The lowest BCUT2D eigenvalue weighted by atomic mass is 9.86. The van der Waals surface area contributed by atoms with Crippen LogP contribution in [0, 0.1) is 5.92 Å². The van der Waals surface area contributed by atoms with Crippen molar-refractivity contribution >= 4 is 34.9 Å². The number of rotatable bonds is 5. The lowest BCUT2D eigenvalue weighted by Gasteiger charge is -2.27. The summed E-state index contributed by atoms with van der Waals surface area (Å²) in [5, 5.41) is 15.5. The molecule has 1 aromatic heterocycles. The van der Waals surface area contributed by atoms with Gasteiger partial charge >= 0.3 is 5.97 Å². The zero-order chi connectivity index (χ0) is 17.8. The highest BCUT2D eigenvalue weighted by Gasteiger charge is 2.25. The van der Waals surface area contributed by atoms with E-state index in [9.17, 15) is 9.59 Å². The van der Waals surface area contributed by atoms with E-state index in [0.717, 1.165) is 18.5 Å². The van der Waals surface area contributed by atoms with E-state index in [1.165, 1.54) is 6.26 Å². The summed E-state index contributed by atoms with van der Waals surface area (Å²) in [6.45, 7) is 0. The van der Waals surface area contributed by atoms with E-state index in [-0.39, 0.29) is 23.6 Å². The van der Waals surface area contributed by atoms with Gasteiger partial charge in [-0.2, -0.15) is 0 Å². The summed E-state index contributed by atoms with van der Waals surface area (Å²) in [5.74, 6) is -1.09. The highest BCUT2D eigenvalue weighted by molar-refractivity contribution is 6.34. The van der Waals surface area contributed by atoms with Crippen LogP contribution in [0.1, 0.15) is 36.2 Å². The number of halogens is 1. The maximum atomic E-state index is 12.0. The molecule has 1 amide bonds. The van der Waals surface area contributed by atoms with Crippen LogP contribution in [0.3, 0.4) is 0 Å². The van der Waals surface area contributed by atoms with E-state index in [2.05, 4.69) is 10.6 Å². The van der Waals surface area contributed by atoms with Crippen LogP contribution >= 0.6 is 11.6 Å². The van der Waals surface area contributed by atoms with Crippen LogP contribution in [0.15, 0.2) is 41.0 Å². The number of amides is 1. The van der Waals surface area contributed by atoms with Crippen LogP contribution in [-0.4, -0.2) is 23.0 Å². The number of furan rings is 1. The summed E-state index contributed by atoms with van der Waals surface area (Å²) in [7, 11) is 0. The smallest absolute Gasteiger partial charge is 0.306 e. The molecular formula is C18H19ClN2O4. The maximum Gasteiger partial charge on any atom is 0.306 e. The molecule has 0 bridgehead atoms. The predicted octanol–water partition coefficient (Wildman–Crippen LogP) is 4.24. The van der Waals surface area contributed by atoms with Crippen molar-refractivity contribution in [2.45, 2.75) is 31.7 Å². The number of aliphatic carboxylic acids is 1. The molecule has 0 saturated heterocycles. The fourth-order valence-corrected chi connectivity index (χ4v) is 3.25. The summed E-state index contributed by atoms with van der Waals surface area (Å²) in [5.41, 5.74) is 1.35. The van der Waals surface area contributed by atoms with E-state index < -0.39 is 5.97 Å². The monoisotopic (exact) mass is 362 g/mol. The number of anilines is 2. The Balaban J connectivity index is 1.59. The van der Waals surface area contributed by atoms with Crippen LogP contribution < -0.4 is 10.6 Å². The molecule has 3 rings (SSSR count). The van der Waals surface area contributed by atoms with Gasteiger partial charge in [0.25, 0.3) is 5.91 Å². The van der Waals surface area contributed by atoms with E-state index >= 15 is 0 Å². The molecular weight excluding hydrogens is 344 g/mol. The minimum Gasteiger partial charge on any atom is -0.481 e. The van der Waals surface area contributed by atoms with Crippen molar-refractivity contribution in [1.82, 2.24) is 0 Å². The van der Waals surface area contributed by atoms with Crippen molar-refractivity contribution in [1.29, 1.82) is 0 Å². The molecule has 2 aromatic rings. The molecule has 1 aliphatic carbocycles. The van der Waals surface area contributed by atoms with Crippen LogP contribution in [0.4, 0.5) is 11.4 Å². The average molecular weight is 363 g/mol. The molecule has 0 aliphatic heterocycles. The molecule has 0 unspecified atom stereocenters. The largest absolute Gasteiger partial charge is 0.481 e. The predicted molar refractivity (Wildman–Crippen MR) is 95.1 cm³/mol. The molecule has 3 N–H and O–H groups in total. The quantitative estimate of drug-likeness (QED) is 0.739. The second kappa shape index (κ2) is 7.61. The van der Waals surface area contributed by atoms with Crippen LogP contribution in [-0.2, 0) is 4.79 Å². The Morgan fingerprint density at radius 3 is 2.52 bits per heavy atom. The van der Waals surface area contributed by atoms with Crippen molar-refractivity contribution in [2.75, 3.05) is 10.6 Å². The van der Waals surface area contributed by atoms with Gasteiger partial charge in [0.15, 0.2) is 5.76 Å². The summed E-state index contributed by atoms with van der Waals surface area (Å²) >= 11 is 6.25. The summed E-state index contributed by atoms with van der Waals surface area (Å²) in [6, 6.07) is 8.77. The van der Waals surface area contributed by atoms with Crippen molar-refractivity contribution in [3.05, 3.63) is 47.4 Å². The minimum atomic E-state index is -0.710. The van der Waals surface area contributed by atoms with E-state index in [1.807, 2.05) is 6.07 Å². The topological polar surface area (TPSA) is 91.6 Å². The lowest BCUT2D eigenvalue weighted by Crippen LogP contribution is -2.29. The van der Waals surface area contributed by atoms with Crippen molar-refractivity contribution in [2.24, 2.45) is 5.92 Å². The van der Waals surface area contributed by atoms with Crippen LogP contribution in [0.2, 0.25) is 5.02 Å². The number of benzene rings is 1. The van der Waals surface area contributed by atoms with Gasteiger partial charge in [-0.15, -0.1) is 0 Å². The maximum absolute atomic E-state index is 12.0. The molecule has 1 fully saturated rings. The second-order valence-corrected chi connectivity index (χ2v) is 6.56. The first-order chi connectivity index (χ1) is 12.0. The fraction of sp³-hybridized carbons (Fsp3) is 0.333. The molecule has 0 atom stereocenters. The fourth-order valence-electron chi connectivity index (χ4n) is 3.02. The van der Waals surface area contributed by atoms with Gasteiger partial charge in [0.2, 0.25) is 0 Å². The number of carbonyl (C=O) groups excluding carboxylic acids is 1. The summed E-state index contributed by atoms with van der Waals surface area (Å²) in [4.78, 5) is 23.0. The summed E-state index contributed by atoms with van der Waals surface area (Å²) in [6.07, 6.45) is 4.41.